The zero-order valence-corrected chi connectivity index (χ0v) is 10.8. The molecule has 0 aromatic carbocycles. The fourth-order valence-corrected chi connectivity index (χ4v) is 1.76. The van der Waals surface area contributed by atoms with Crippen LogP contribution in [0.15, 0.2) is 0 Å². The maximum atomic E-state index is 12.1. The Bertz CT molecular complexity index is 288. The summed E-state index contributed by atoms with van der Waals surface area (Å²) in [6.07, 6.45) is -1.27. The van der Waals surface area contributed by atoms with Crippen LogP contribution in [0.1, 0.15) is 27.7 Å². The molecule has 1 rings (SSSR count). The molecule has 4 N–H and O–H groups in total. The number of ether oxygens (including phenoxy) is 1. The highest BCUT2D eigenvalue weighted by atomic mass is 16.6. The van der Waals surface area contributed by atoms with Crippen LogP contribution in [0, 0.1) is 5.92 Å². The quantitative estimate of drug-likeness (QED) is 0.608. The zero-order valence-electron chi connectivity index (χ0n) is 10.8. The molecule has 0 saturated carbocycles. The highest BCUT2D eigenvalue weighted by Gasteiger charge is 2.43. The summed E-state index contributed by atoms with van der Waals surface area (Å²) in [6, 6.07) is -1.30. The van der Waals surface area contributed by atoms with E-state index in [1.54, 1.807) is 0 Å². The van der Waals surface area contributed by atoms with E-state index in [0.717, 1.165) is 0 Å². The number of amides is 1. The van der Waals surface area contributed by atoms with Crippen LogP contribution < -0.4 is 5.73 Å². The van der Waals surface area contributed by atoms with Gasteiger partial charge in [-0.3, -0.25) is 9.69 Å². The number of aliphatic hydroxyl groups is 2. The molecule has 6 heteroatoms. The molecule has 1 saturated heterocycles. The predicted molar refractivity (Wildman–Crippen MR) is 61.7 cm³/mol. The maximum absolute atomic E-state index is 12.1. The number of carbonyl (C=O) groups excluding carboxylic acids is 1. The number of carbonyl (C=O) groups is 1. The van der Waals surface area contributed by atoms with Crippen LogP contribution in [0.2, 0.25) is 0 Å². The number of hydrogen-bond donors (Lipinski definition) is 3. The first-order valence-electron chi connectivity index (χ1n) is 5.76. The van der Waals surface area contributed by atoms with Gasteiger partial charge in [0.2, 0.25) is 12.3 Å². The van der Waals surface area contributed by atoms with E-state index in [-0.39, 0.29) is 18.6 Å². The highest BCUT2D eigenvalue weighted by Crippen LogP contribution is 2.24. The second-order valence-electron chi connectivity index (χ2n) is 5.35. The normalized spacial score (nSPS) is 27.6. The molecule has 0 radical (unpaired) electrons. The number of rotatable bonds is 3. The zero-order chi connectivity index (χ0) is 13.4. The third-order valence-electron chi connectivity index (χ3n) is 3.06. The Morgan fingerprint density at radius 3 is 2.47 bits per heavy atom. The van der Waals surface area contributed by atoms with E-state index in [0.29, 0.717) is 0 Å². The largest absolute Gasteiger partial charge is 0.388 e. The summed E-state index contributed by atoms with van der Waals surface area (Å²) in [5, 5.41) is 19.4. The van der Waals surface area contributed by atoms with E-state index in [4.69, 9.17) is 10.5 Å². The summed E-state index contributed by atoms with van der Waals surface area (Å²) in [5.41, 5.74) is 4.36. The molecular formula is C11H22N2O4. The minimum Gasteiger partial charge on any atom is -0.388 e. The van der Waals surface area contributed by atoms with Crippen LogP contribution in [0.5, 0.6) is 0 Å². The van der Waals surface area contributed by atoms with Crippen molar-refractivity contribution in [2.24, 2.45) is 11.7 Å². The van der Waals surface area contributed by atoms with Crippen LogP contribution in [-0.2, 0) is 9.53 Å². The van der Waals surface area contributed by atoms with Crippen molar-refractivity contribution in [3.8, 4) is 0 Å². The van der Waals surface area contributed by atoms with Crippen molar-refractivity contribution < 1.29 is 19.7 Å². The van der Waals surface area contributed by atoms with Crippen molar-refractivity contribution in [1.82, 2.24) is 4.90 Å². The highest BCUT2D eigenvalue weighted by molar-refractivity contribution is 5.83. The Balaban J connectivity index is 2.86. The summed E-state index contributed by atoms with van der Waals surface area (Å²) in [4.78, 5) is 13.3. The Kier molecular flexibility index (Phi) is 4.14. The van der Waals surface area contributed by atoms with Crippen molar-refractivity contribution in [3.63, 3.8) is 0 Å². The van der Waals surface area contributed by atoms with Crippen molar-refractivity contribution in [2.75, 3.05) is 6.61 Å². The molecule has 0 aliphatic carbocycles. The summed E-state index contributed by atoms with van der Waals surface area (Å²) < 4.78 is 5.05. The van der Waals surface area contributed by atoms with Crippen LogP contribution >= 0.6 is 0 Å². The molecule has 0 aromatic heterocycles. The third-order valence-corrected chi connectivity index (χ3v) is 3.06. The molecule has 0 spiro atoms. The maximum Gasteiger partial charge on any atom is 0.246 e. The number of hydrogen-bond acceptors (Lipinski definition) is 5. The lowest BCUT2D eigenvalue weighted by Gasteiger charge is -2.33. The molecule has 100 valence electrons. The van der Waals surface area contributed by atoms with E-state index in [1.165, 1.54) is 18.7 Å². The minimum atomic E-state index is -1.33. The molecule has 1 aliphatic rings. The van der Waals surface area contributed by atoms with Crippen molar-refractivity contribution in [1.29, 1.82) is 0 Å². The van der Waals surface area contributed by atoms with Gasteiger partial charge in [-0.2, -0.15) is 0 Å². The van der Waals surface area contributed by atoms with Gasteiger partial charge in [-0.25, -0.2) is 0 Å². The molecule has 1 amide bonds. The van der Waals surface area contributed by atoms with Gasteiger partial charge in [-0.1, -0.05) is 13.8 Å². The van der Waals surface area contributed by atoms with Crippen molar-refractivity contribution in [3.05, 3.63) is 0 Å². The van der Waals surface area contributed by atoms with Crippen LogP contribution in [0.4, 0.5) is 0 Å². The molecule has 6 nitrogen and oxygen atoms in total. The molecule has 1 heterocycles. The van der Waals surface area contributed by atoms with Gasteiger partial charge in [0.25, 0.3) is 0 Å². The lowest BCUT2D eigenvalue weighted by atomic mass is 9.96. The van der Waals surface area contributed by atoms with E-state index < -0.39 is 24.0 Å². The van der Waals surface area contributed by atoms with Crippen molar-refractivity contribution in [2.45, 2.75) is 51.8 Å². The first kappa shape index (κ1) is 14.4. The van der Waals surface area contributed by atoms with E-state index in [2.05, 4.69) is 0 Å². The van der Waals surface area contributed by atoms with Gasteiger partial charge in [0.05, 0.1) is 18.2 Å². The molecular weight excluding hydrogens is 224 g/mol. The minimum absolute atomic E-state index is 0.144. The fraction of sp³-hybridized carbons (Fsp3) is 0.909. The predicted octanol–water partition coefficient (Wildman–Crippen LogP) is -0.756. The molecule has 0 aromatic rings. The number of nitrogens with two attached hydrogens (primary N) is 1. The summed E-state index contributed by atoms with van der Waals surface area (Å²) in [7, 11) is 0. The molecule has 1 aliphatic heterocycles. The Hall–Kier alpha value is -0.690. The summed E-state index contributed by atoms with van der Waals surface area (Å²) in [6.45, 7) is 7.07. The van der Waals surface area contributed by atoms with Crippen LogP contribution in [0.25, 0.3) is 0 Å². The molecule has 1 unspecified atom stereocenters. The van der Waals surface area contributed by atoms with Gasteiger partial charge in [0, 0.05) is 0 Å². The van der Waals surface area contributed by atoms with Gasteiger partial charge >= 0.3 is 0 Å². The lowest BCUT2D eigenvalue weighted by molar-refractivity contribution is -0.171. The Morgan fingerprint density at radius 2 is 2.06 bits per heavy atom. The number of aliphatic hydroxyl groups excluding tert-OH is 1. The van der Waals surface area contributed by atoms with Crippen molar-refractivity contribution >= 4 is 5.91 Å². The molecule has 1 fully saturated rings. The Labute approximate surface area is 101 Å². The van der Waals surface area contributed by atoms with Crippen LogP contribution in [0.3, 0.4) is 0 Å². The first-order chi connectivity index (χ1) is 7.66. The third kappa shape index (κ3) is 2.95. The Morgan fingerprint density at radius 1 is 1.53 bits per heavy atom. The first-order valence-corrected chi connectivity index (χ1v) is 5.76. The monoisotopic (exact) mass is 246 g/mol. The van der Waals surface area contributed by atoms with E-state index >= 15 is 0 Å². The molecule has 0 bridgehead atoms. The average molecular weight is 246 g/mol. The molecule has 17 heavy (non-hydrogen) atoms. The number of nitrogens with zero attached hydrogens (tertiary/aromatic N) is 1. The summed E-state index contributed by atoms with van der Waals surface area (Å²) >= 11 is 0. The topological polar surface area (TPSA) is 96.0 Å². The van der Waals surface area contributed by atoms with Gasteiger partial charge < -0.3 is 20.7 Å². The van der Waals surface area contributed by atoms with E-state index in [1.807, 2.05) is 13.8 Å². The van der Waals surface area contributed by atoms with Gasteiger partial charge in [-0.05, 0) is 19.8 Å². The van der Waals surface area contributed by atoms with Gasteiger partial charge in [-0.15, -0.1) is 0 Å². The van der Waals surface area contributed by atoms with Gasteiger partial charge in [0.15, 0.2) is 0 Å². The second-order valence-corrected chi connectivity index (χ2v) is 5.35. The fourth-order valence-electron chi connectivity index (χ4n) is 1.76. The smallest absolute Gasteiger partial charge is 0.246 e. The standard InChI is InChI=1S/C11H22N2O4/c1-6(2)7-5-17-10(15)13(7)9(14)8(12)11(3,4)16/h6-8,10,15-16H,5,12H2,1-4H3/t7-,8-,10?/m1/s1. The van der Waals surface area contributed by atoms with E-state index in [9.17, 15) is 15.0 Å². The molecule has 3 atom stereocenters. The van der Waals surface area contributed by atoms with Gasteiger partial charge in [0.1, 0.15) is 6.04 Å². The average Bonchev–Trinajstić information content (AvgIpc) is 2.56. The summed E-state index contributed by atoms with van der Waals surface area (Å²) in [5.74, 6) is -0.355. The second kappa shape index (κ2) is 4.89. The van der Waals surface area contributed by atoms with Crippen LogP contribution in [-0.4, -0.2) is 51.7 Å². The lowest BCUT2D eigenvalue weighted by Crippen LogP contribution is -2.58. The SMILES string of the molecule is CC(C)[C@H]1COC(O)N1C(=O)[C@@H](N)C(C)(C)O.